The van der Waals surface area contributed by atoms with E-state index in [1.165, 1.54) is 177 Å². The Morgan fingerprint density at radius 2 is 0.619 bits per heavy atom. The van der Waals surface area contributed by atoms with Crippen LogP contribution in [0.1, 0.15) is 126 Å². The number of hydrogen-bond donors (Lipinski definition) is 0. The summed E-state index contributed by atoms with van der Waals surface area (Å²) in [6.07, 6.45) is 5.24. The zero-order chi connectivity index (χ0) is 66.8. The highest BCUT2D eigenvalue weighted by Gasteiger charge is 2.25. The van der Waals surface area contributed by atoms with Crippen molar-refractivity contribution in [2.45, 2.75) is 119 Å². The molecule has 97 heavy (non-hydrogen) atoms. The van der Waals surface area contributed by atoms with Crippen LogP contribution in [0.3, 0.4) is 0 Å². The molecule has 0 amide bonds. The van der Waals surface area contributed by atoms with E-state index in [2.05, 4.69) is 353 Å². The molecule has 1 nitrogen and oxygen atoms in total. The first-order valence-electron chi connectivity index (χ1n) is 35.4. The van der Waals surface area contributed by atoms with Gasteiger partial charge in [0.15, 0.2) is 0 Å². The number of nitrogens with zero attached hydrogens (tertiary/aromatic N) is 1. The summed E-state index contributed by atoms with van der Waals surface area (Å²) in [5.74, 6) is 1.40. The van der Waals surface area contributed by atoms with E-state index in [-0.39, 0.29) is 5.92 Å². The molecule has 3 unspecified atom stereocenters. The topological polar surface area (TPSA) is 3.24 Å². The van der Waals surface area contributed by atoms with E-state index in [9.17, 15) is 0 Å². The van der Waals surface area contributed by atoms with E-state index < -0.39 is 0 Å². The number of rotatable bonds is 19. The van der Waals surface area contributed by atoms with Crippen LogP contribution in [-0.4, -0.2) is 0 Å². The van der Waals surface area contributed by atoms with Crippen LogP contribution in [0.4, 0.5) is 17.1 Å². The lowest BCUT2D eigenvalue weighted by Gasteiger charge is -2.31. The monoisotopic (exact) mass is 1260 g/mol. The molecular weight excluding hydrogens is 1170 g/mol. The highest BCUT2D eigenvalue weighted by Crippen LogP contribution is 2.48. The molecule has 0 aromatic heterocycles. The zero-order valence-corrected chi connectivity index (χ0v) is 58.3. The number of aryl methyl sites for hydroxylation is 7. The van der Waals surface area contributed by atoms with Crippen LogP contribution < -0.4 is 4.90 Å². The SMILES string of the molecule is CCC(C)c1ccc(-c2ccc(-c3ccc(-c4ccc(CCC(Cc5ccc(C)cc5C)c5cc6c7ccccc7c(N(c7ccc(C)cc7C)c7ccc(-c8ccc(-c9ccc(-c%10ccc(C(C)CC)cc%10)cc9)cc8)cc7C)cc6c6ccccc56)c(C)c4)cc3)cc2)cc1. The van der Waals surface area contributed by atoms with Crippen molar-refractivity contribution in [3.05, 3.63) is 340 Å². The molecule has 0 spiro atoms. The maximum Gasteiger partial charge on any atom is 0.0546 e. The van der Waals surface area contributed by atoms with Crippen molar-refractivity contribution in [1.29, 1.82) is 0 Å². The third-order valence-electron chi connectivity index (χ3n) is 21.4. The fraction of sp³-hybridized carbons (Fsp3) is 0.188. The minimum Gasteiger partial charge on any atom is -0.309 e. The Bertz CT molecular complexity index is 5150. The molecule has 478 valence electrons. The first-order valence-corrected chi connectivity index (χ1v) is 35.4. The number of anilines is 3. The molecule has 0 aliphatic heterocycles. The van der Waals surface area contributed by atoms with E-state index in [0.717, 1.165) is 32.1 Å². The fourth-order valence-corrected chi connectivity index (χ4v) is 15.1. The van der Waals surface area contributed by atoms with Crippen LogP contribution in [0.5, 0.6) is 0 Å². The van der Waals surface area contributed by atoms with Gasteiger partial charge in [0.25, 0.3) is 0 Å². The van der Waals surface area contributed by atoms with Crippen LogP contribution in [0.2, 0.25) is 0 Å². The quantitative estimate of drug-likeness (QED) is 0.0730. The summed E-state index contributed by atoms with van der Waals surface area (Å²) in [6.45, 7) is 22.7. The van der Waals surface area contributed by atoms with Crippen molar-refractivity contribution in [3.8, 4) is 66.8 Å². The average Bonchev–Trinajstić information content (AvgIpc) is 0.728. The van der Waals surface area contributed by atoms with Gasteiger partial charge in [-0.3, -0.25) is 0 Å². The van der Waals surface area contributed by atoms with Crippen molar-refractivity contribution in [2.75, 3.05) is 4.90 Å². The average molecular weight is 1260 g/mol. The van der Waals surface area contributed by atoms with Gasteiger partial charge in [-0.05, 0) is 265 Å². The lowest BCUT2D eigenvalue weighted by molar-refractivity contribution is 0.623. The van der Waals surface area contributed by atoms with Gasteiger partial charge in [-0.25, -0.2) is 0 Å². The molecule has 14 aromatic carbocycles. The van der Waals surface area contributed by atoms with E-state index in [1.807, 2.05) is 0 Å². The first kappa shape index (κ1) is 64.0. The summed E-state index contributed by atoms with van der Waals surface area (Å²) in [5, 5.41) is 7.67. The molecule has 0 aliphatic carbocycles. The maximum atomic E-state index is 2.59. The van der Waals surface area contributed by atoms with Gasteiger partial charge in [0.2, 0.25) is 0 Å². The third kappa shape index (κ3) is 13.3. The van der Waals surface area contributed by atoms with Gasteiger partial charge < -0.3 is 4.90 Å². The van der Waals surface area contributed by atoms with Gasteiger partial charge in [0.05, 0.1) is 5.69 Å². The van der Waals surface area contributed by atoms with Crippen molar-refractivity contribution in [3.63, 3.8) is 0 Å². The lowest BCUT2D eigenvalue weighted by Crippen LogP contribution is -2.13. The Balaban J connectivity index is 0.773. The van der Waals surface area contributed by atoms with Crippen molar-refractivity contribution >= 4 is 49.4 Å². The second kappa shape index (κ2) is 27.8. The minimum absolute atomic E-state index is 0.254. The normalized spacial score (nSPS) is 12.5. The van der Waals surface area contributed by atoms with Gasteiger partial charge in [0, 0.05) is 16.8 Å². The molecule has 1 heteroatoms. The highest BCUT2D eigenvalue weighted by molar-refractivity contribution is 6.22. The van der Waals surface area contributed by atoms with Crippen LogP contribution in [0.15, 0.2) is 279 Å². The summed E-state index contributed by atoms with van der Waals surface area (Å²) in [5.41, 5.74) is 33.1. The molecule has 0 saturated heterocycles. The molecule has 0 heterocycles. The molecule has 14 rings (SSSR count). The van der Waals surface area contributed by atoms with E-state index in [1.54, 1.807) is 0 Å². The number of fused-ring (bicyclic) bond motifs is 5. The zero-order valence-electron chi connectivity index (χ0n) is 58.3. The van der Waals surface area contributed by atoms with Crippen LogP contribution >= 0.6 is 0 Å². The van der Waals surface area contributed by atoms with E-state index in [4.69, 9.17) is 0 Å². The Hall–Kier alpha value is -10.3. The van der Waals surface area contributed by atoms with Gasteiger partial charge in [0.1, 0.15) is 0 Å². The van der Waals surface area contributed by atoms with Crippen LogP contribution in [-0.2, 0) is 12.8 Å². The predicted octanol–water partition coefficient (Wildman–Crippen LogP) is 27.5. The molecule has 0 aliphatic rings. The Morgan fingerprint density at radius 1 is 0.278 bits per heavy atom. The lowest BCUT2D eigenvalue weighted by atomic mass is 9.81. The van der Waals surface area contributed by atoms with Gasteiger partial charge in [-0.15, -0.1) is 0 Å². The molecule has 0 radical (unpaired) electrons. The van der Waals surface area contributed by atoms with Crippen molar-refractivity contribution in [1.82, 2.24) is 0 Å². The number of benzene rings is 14. The third-order valence-corrected chi connectivity index (χ3v) is 21.4. The van der Waals surface area contributed by atoms with Gasteiger partial charge >= 0.3 is 0 Å². The second-order valence-electron chi connectivity index (χ2n) is 27.9. The summed E-state index contributed by atoms with van der Waals surface area (Å²) in [6, 6.07) is 106. The Labute approximate surface area is 576 Å². The molecule has 0 bridgehead atoms. The van der Waals surface area contributed by atoms with Gasteiger partial charge in [-0.2, -0.15) is 0 Å². The smallest absolute Gasteiger partial charge is 0.0546 e. The van der Waals surface area contributed by atoms with Crippen LogP contribution in [0, 0.1) is 41.5 Å². The molecule has 0 N–H and O–H groups in total. The largest absolute Gasteiger partial charge is 0.309 e. The maximum absolute atomic E-state index is 2.59. The molecular formula is C96H89N. The summed E-state index contributed by atoms with van der Waals surface area (Å²) >= 11 is 0. The van der Waals surface area contributed by atoms with Gasteiger partial charge in [-0.1, -0.05) is 288 Å². The Kier molecular flexibility index (Phi) is 18.3. The summed E-state index contributed by atoms with van der Waals surface area (Å²) in [4.78, 5) is 2.55. The molecule has 3 atom stereocenters. The predicted molar refractivity (Wildman–Crippen MR) is 420 cm³/mol. The van der Waals surface area contributed by atoms with Crippen molar-refractivity contribution < 1.29 is 0 Å². The van der Waals surface area contributed by atoms with E-state index in [0.29, 0.717) is 11.8 Å². The summed E-state index contributed by atoms with van der Waals surface area (Å²) in [7, 11) is 0. The van der Waals surface area contributed by atoms with Crippen molar-refractivity contribution in [2.24, 2.45) is 0 Å². The van der Waals surface area contributed by atoms with E-state index >= 15 is 0 Å². The molecule has 14 aromatic rings. The standard InChI is InChI=1S/C96H89N/c1-11-64(5)70-24-30-73(31-25-70)75-34-38-77(39-35-75)79-42-46-81(47-43-79)84-50-28-72(67(8)57-84)29-51-86(59-83-23-21-62(3)55-66(83)7)91-60-92-89-19-15-16-20-90(89)96(61-93(92)88-18-14-13-17-87(88)91)97(94-53-22-63(4)56-68(94)9)95-54-52-85(58-69(95)10)82-48-44-80(45-49-82)78-40-36-76(37-41-78)74-32-26-71(27-33-74)65(6)12-2/h13-28,30-50,52-58,60-61,64-65,86H,11-12,29,51,59H2,1-10H3. The minimum atomic E-state index is 0.254. The molecule has 0 fully saturated rings. The second-order valence-corrected chi connectivity index (χ2v) is 27.9. The first-order chi connectivity index (χ1) is 47.2. The Morgan fingerprint density at radius 3 is 1.06 bits per heavy atom. The number of hydrogen-bond acceptors (Lipinski definition) is 1. The fourth-order valence-electron chi connectivity index (χ4n) is 15.1. The van der Waals surface area contributed by atoms with Crippen LogP contribution in [0.25, 0.3) is 99.1 Å². The highest BCUT2D eigenvalue weighted by atomic mass is 15.1. The molecule has 0 saturated carbocycles. The summed E-state index contributed by atoms with van der Waals surface area (Å²) < 4.78 is 0.